The Kier molecular flexibility index (Phi) is 5.63. The van der Waals surface area contributed by atoms with E-state index in [0.29, 0.717) is 18.5 Å². The van der Waals surface area contributed by atoms with Crippen LogP contribution in [0.3, 0.4) is 0 Å². The van der Waals surface area contributed by atoms with Crippen LogP contribution >= 0.6 is 0 Å². The Morgan fingerprint density at radius 3 is 2.73 bits per heavy atom. The van der Waals surface area contributed by atoms with Gasteiger partial charge in [0.15, 0.2) is 0 Å². The van der Waals surface area contributed by atoms with Crippen LogP contribution in [-0.4, -0.2) is 45.7 Å². The maximum Gasteiger partial charge on any atom is 0.243 e. The number of hydrogen-bond donors (Lipinski definition) is 1. The van der Waals surface area contributed by atoms with Crippen molar-refractivity contribution >= 4 is 16.1 Å². The first-order valence-corrected chi connectivity index (χ1v) is 13.4. The van der Waals surface area contributed by atoms with Crippen molar-refractivity contribution in [3.8, 4) is 5.69 Å². The summed E-state index contributed by atoms with van der Waals surface area (Å²) in [4.78, 5) is 4.41. The van der Waals surface area contributed by atoms with Gasteiger partial charge in [0, 0.05) is 18.5 Å². The summed E-state index contributed by atoms with van der Waals surface area (Å²) in [5.74, 6) is -0.200. The van der Waals surface area contributed by atoms with Crippen molar-refractivity contribution < 1.29 is 22.3 Å². The van der Waals surface area contributed by atoms with Gasteiger partial charge in [0.2, 0.25) is 15.9 Å². The number of aromatic nitrogens is 3. The van der Waals surface area contributed by atoms with Gasteiger partial charge < -0.3 is 9.52 Å². The van der Waals surface area contributed by atoms with E-state index in [2.05, 4.69) is 10.1 Å². The summed E-state index contributed by atoms with van der Waals surface area (Å²) in [5, 5.41) is 16.1. The van der Waals surface area contributed by atoms with Crippen molar-refractivity contribution in [1.82, 2.24) is 19.1 Å². The van der Waals surface area contributed by atoms with Gasteiger partial charge in [-0.15, -0.1) is 0 Å². The highest BCUT2D eigenvalue weighted by Gasteiger charge is 2.52. The monoisotopic (exact) mass is 520 g/mol. The molecule has 1 unspecified atom stereocenters. The molecule has 0 radical (unpaired) electrons. The van der Waals surface area contributed by atoms with E-state index in [9.17, 15) is 17.9 Å². The second-order valence-corrected chi connectivity index (χ2v) is 11.6. The number of halogens is 1. The van der Waals surface area contributed by atoms with Crippen molar-refractivity contribution in [3.05, 3.63) is 101 Å². The summed E-state index contributed by atoms with van der Waals surface area (Å²) in [5.41, 5.74) is 3.12. The lowest BCUT2D eigenvalue weighted by atomic mass is 9.65. The molecule has 10 heteroatoms. The van der Waals surface area contributed by atoms with Gasteiger partial charge >= 0.3 is 0 Å². The van der Waals surface area contributed by atoms with E-state index in [4.69, 9.17) is 4.42 Å². The lowest BCUT2D eigenvalue weighted by molar-refractivity contribution is 0.00331. The number of sulfonamides is 1. The molecule has 3 heterocycles. The predicted octanol–water partition coefficient (Wildman–Crippen LogP) is 4.06. The predicted molar refractivity (Wildman–Crippen MR) is 134 cm³/mol. The molecule has 1 fully saturated rings. The van der Waals surface area contributed by atoms with Crippen LogP contribution in [0, 0.1) is 18.2 Å². The summed E-state index contributed by atoms with van der Waals surface area (Å²) in [6, 6.07) is 12.9. The number of hydrogen-bond acceptors (Lipinski definition) is 6. The number of rotatable bonds is 5. The first-order valence-electron chi connectivity index (χ1n) is 12.0. The lowest BCUT2D eigenvalue weighted by Gasteiger charge is -2.47. The Balaban J connectivity index is 1.44. The maximum atomic E-state index is 13.7. The van der Waals surface area contributed by atoms with Gasteiger partial charge in [-0.1, -0.05) is 17.7 Å². The number of aliphatic hydroxyl groups excluding tert-OH is 1. The average molecular weight is 521 g/mol. The van der Waals surface area contributed by atoms with Crippen molar-refractivity contribution in [3.63, 3.8) is 0 Å². The summed E-state index contributed by atoms with van der Waals surface area (Å²) >= 11 is 0. The van der Waals surface area contributed by atoms with Gasteiger partial charge in [0.1, 0.15) is 18.2 Å². The van der Waals surface area contributed by atoms with Crippen LogP contribution in [0.5, 0.6) is 0 Å². The van der Waals surface area contributed by atoms with E-state index in [1.807, 2.05) is 19.1 Å². The van der Waals surface area contributed by atoms with E-state index in [1.165, 1.54) is 28.9 Å². The van der Waals surface area contributed by atoms with E-state index in [0.717, 1.165) is 22.4 Å². The van der Waals surface area contributed by atoms with Crippen molar-refractivity contribution in [2.24, 2.45) is 5.41 Å². The van der Waals surface area contributed by atoms with Crippen molar-refractivity contribution in [2.45, 2.75) is 30.8 Å². The molecule has 0 spiro atoms. The Hall–Kier alpha value is -3.60. The molecule has 2 atom stereocenters. The van der Waals surface area contributed by atoms with Crippen molar-refractivity contribution in [1.29, 1.82) is 0 Å². The summed E-state index contributed by atoms with van der Waals surface area (Å²) in [7, 11) is -3.81. The fourth-order valence-electron chi connectivity index (χ4n) is 5.44. The molecule has 1 aliphatic carbocycles. The number of oxazole rings is 1. The maximum absolute atomic E-state index is 13.7. The molecule has 4 aromatic rings. The largest absolute Gasteiger partial charge is 0.446 e. The molecule has 0 bridgehead atoms. The zero-order valence-electron chi connectivity index (χ0n) is 20.1. The van der Waals surface area contributed by atoms with Crippen LogP contribution in [0.15, 0.2) is 82.1 Å². The Labute approximate surface area is 213 Å². The zero-order chi connectivity index (χ0) is 25.8. The molecule has 190 valence electrons. The third kappa shape index (κ3) is 3.92. The van der Waals surface area contributed by atoms with E-state index >= 15 is 0 Å². The number of piperidine rings is 1. The molecular weight excluding hydrogens is 495 g/mol. The molecule has 0 saturated carbocycles. The average Bonchev–Trinajstić information content (AvgIpc) is 3.57. The number of aliphatic hydroxyl groups is 1. The fourth-order valence-corrected chi connectivity index (χ4v) is 7.06. The molecule has 1 aliphatic heterocycles. The molecule has 2 aromatic heterocycles. The topological polar surface area (TPSA) is 101 Å². The smallest absolute Gasteiger partial charge is 0.243 e. The van der Waals surface area contributed by atoms with Gasteiger partial charge in [0.05, 0.1) is 28.7 Å². The molecule has 1 N–H and O–H groups in total. The second-order valence-electron chi connectivity index (χ2n) is 9.62. The van der Waals surface area contributed by atoms with Crippen LogP contribution in [0.1, 0.15) is 35.2 Å². The second kappa shape index (κ2) is 8.76. The molecule has 2 aliphatic rings. The van der Waals surface area contributed by atoms with E-state index in [1.54, 1.807) is 41.2 Å². The number of benzene rings is 2. The van der Waals surface area contributed by atoms with E-state index < -0.39 is 21.5 Å². The minimum absolute atomic E-state index is 0.0554. The van der Waals surface area contributed by atoms with Crippen LogP contribution in [0.4, 0.5) is 4.39 Å². The summed E-state index contributed by atoms with van der Waals surface area (Å²) < 4.78 is 49.5. The Morgan fingerprint density at radius 2 is 2.00 bits per heavy atom. The molecule has 0 amide bonds. The van der Waals surface area contributed by atoms with Crippen LogP contribution < -0.4 is 0 Å². The summed E-state index contributed by atoms with van der Waals surface area (Å²) in [6.07, 6.45) is 6.11. The molecule has 1 saturated heterocycles. The highest BCUT2D eigenvalue weighted by molar-refractivity contribution is 7.89. The van der Waals surface area contributed by atoms with Crippen molar-refractivity contribution in [2.75, 3.05) is 13.1 Å². The number of aryl methyl sites for hydroxylation is 1. The first kappa shape index (κ1) is 23.8. The van der Waals surface area contributed by atoms with Gasteiger partial charge in [-0.2, -0.15) is 9.40 Å². The molecule has 6 rings (SSSR count). The normalized spacial score (nSPS) is 20.7. The molecule has 2 aromatic carbocycles. The molecule has 37 heavy (non-hydrogen) atoms. The van der Waals surface area contributed by atoms with Gasteiger partial charge in [-0.3, -0.25) is 0 Å². The van der Waals surface area contributed by atoms with Crippen LogP contribution in [0.25, 0.3) is 11.8 Å². The van der Waals surface area contributed by atoms with Crippen LogP contribution in [0.2, 0.25) is 0 Å². The highest BCUT2D eigenvalue weighted by Crippen LogP contribution is 2.52. The van der Waals surface area contributed by atoms with E-state index in [-0.39, 0.29) is 29.7 Å². The van der Waals surface area contributed by atoms with Gasteiger partial charge in [-0.05, 0) is 73.4 Å². The Morgan fingerprint density at radius 1 is 1.19 bits per heavy atom. The fraction of sp³-hybridized carbons (Fsp3) is 0.259. The van der Waals surface area contributed by atoms with Gasteiger partial charge in [0.25, 0.3) is 0 Å². The SMILES string of the molecule is Cc1cccc(S(=O)(=O)N2CCC3=Cc4c(cnn4-c4ccc(F)cc4)C[C@]3(C(O)c3ncco3)C2)c1. The highest BCUT2D eigenvalue weighted by atomic mass is 32.2. The Bertz CT molecular complexity index is 1600. The molecule has 8 nitrogen and oxygen atoms in total. The van der Waals surface area contributed by atoms with Gasteiger partial charge in [-0.25, -0.2) is 22.5 Å². The lowest BCUT2D eigenvalue weighted by Crippen LogP contribution is -2.52. The first-order chi connectivity index (χ1) is 17.8. The minimum atomic E-state index is -3.81. The van der Waals surface area contributed by atoms with Crippen LogP contribution in [-0.2, 0) is 16.4 Å². The third-order valence-electron chi connectivity index (χ3n) is 7.34. The minimum Gasteiger partial charge on any atom is -0.446 e. The quantitative estimate of drug-likeness (QED) is 0.426. The molecular formula is C27H25FN4O4S. The third-order valence-corrected chi connectivity index (χ3v) is 9.18. The summed E-state index contributed by atoms with van der Waals surface area (Å²) in [6.45, 7) is 2.17. The number of fused-ring (bicyclic) bond motifs is 2. The number of nitrogens with zero attached hydrogens (tertiary/aromatic N) is 4. The standard InChI is InChI=1S/C27H25FN4O4S/c1-18-3-2-4-23(13-18)37(34,35)31-11-9-20-14-24-19(16-30-32(24)22-7-5-21(28)6-8-22)15-27(20,17-31)25(33)26-29-10-12-36-26/h2-8,10,12-14,16,25,33H,9,11,15,17H2,1H3/t25?,27-/m0/s1. The zero-order valence-corrected chi connectivity index (χ0v) is 20.9.